The van der Waals surface area contributed by atoms with Crippen LogP contribution in [0.5, 0.6) is 5.75 Å². The number of hydrogen-bond donors (Lipinski definition) is 1. The number of carbonyl (C=O) groups is 3. The lowest BCUT2D eigenvalue weighted by Gasteiger charge is -2.21. The largest absolute Gasteiger partial charge is 0.477 e. The number of benzene rings is 1. The summed E-state index contributed by atoms with van der Waals surface area (Å²) in [5.41, 5.74) is -0.444. The van der Waals surface area contributed by atoms with Crippen LogP contribution in [-0.4, -0.2) is 41.5 Å². The summed E-state index contributed by atoms with van der Waals surface area (Å²) in [6.07, 6.45) is 0. The quantitative estimate of drug-likeness (QED) is 0.237. The number of carbonyl (C=O) groups excluding carboxylic acids is 2. The van der Waals surface area contributed by atoms with Gasteiger partial charge in [-0.1, -0.05) is 0 Å². The molecule has 0 heterocycles. The highest BCUT2D eigenvalue weighted by molar-refractivity contribution is 14.1. The van der Waals surface area contributed by atoms with Gasteiger partial charge in [-0.05, 0) is 64.2 Å². The molecule has 0 amide bonds. The Morgan fingerprint density at radius 2 is 1.68 bits per heavy atom. The van der Waals surface area contributed by atoms with E-state index in [0.29, 0.717) is 3.57 Å². The standard InChI is InChI=1S/C13H8F4I2O6/c1-2-24-9(20)6-3-5(18)4-7(19)8(6)25-11(23)13(16,17)12(14,15)10(21)22/h3-4H,2H2,1H3,(H,21,22). The summed E-state index contributed by atoms with van der Waals surface area (Å²) in [7, 11) is 0. The van der Waals surface area contributed by atoms with Gasteiger partial charge < -0.3 is 14.6 Å². The number of halogens is 6. The number of esters is 2. The summed E-state index contributed by atoms with van der Waals surface area (Å²) in [4.78, 5) is 33.6. The molecule has 0 saturated heterocycles. The molecule has 0 bridgehead atoms. The minimum Gasteiger partial charge on any atom is -0.477 e. The molecule has 0 atom stereocenters. The molecule has 1 N–H and O–H groups in total. The highest BCUT2D eigenvalue weighted by atomic mass is 127. The predicted octanol–water partition coefficient (Wildman–Crippen LogP) is 3.33. The van der Waals surface area contributed by atoms with Crippen molar-refractivity contribution < 1.29 is 46.5 Å². The first kappa shape index (κ1) is 21.9. The molecule has 1 rings (SSSR count). The van der Waals surface area contributed by atoms with E-state index in [9.17, 15) is 31.9 Å². The van der Waals surface area contributed by atoms with Crippen LogP contribution < -0.4 is 4.74 Å². The van der Waals surface area contributed by atoms with Crippen LogP contribution in [0, 0.1) is 7.14 Å². The second-order valence-corrected chi connectivity index (χ2v) is 6.74. The molecule has 12 heteroatoms. The Morgan fingerprint density at radius 1 is 1.12 bits per heavy atom. The Labute approximate surface area is 165 Å². The van der Waals surface area contributed by atoms with E-state index in [1.54, 1.807) is 22.6 Å². The number of carboxylic acid groups (broad SMARTS) is 1. The van der Waals surface area contributed by atoms with Gasteiger partial charge in [0, 0.05) is 3.57 Å². The molecule has 0 fully saturated rings. The number of hydrogen-bond acceptors (Lipinski definition) is 5. The van der Waals surface area contributed by atoms with Gasteiger partial charge in [-0.3, -0.25) is 0 Å². The average molecular weight is 590 g/mol. The van der Waals surface area contributed by atoms with Gasteiger partial charge in [0.15, 0.2) is 5.75 Å². The third kappa shape index (κ3) is 4.51. The van der Waals surface area contributed by atoms with E-state index in [1.165, 1.54) is 35.6 Å². The maximum atomic E-state index is 13.5. The lowest BCUT2D eigenvalue weighted by atomic mass is 10.1. The van der Waals surface area contributed by atoms with Gasteiger partial charge in [0.2, 0.25) is 0 Å². The van der Waals surface area contributed by atoms with Gasteiger partial charge in [0.05, 0.1) is 10.2 Å². The van der Waals surface area contributed by atoms with Crippen molar-refractivity contribution in [3.05, 3.63) is 24.8 Å². The zero-order valence-corrected chi connectivity index (χ0v) is 16.4. The van der Waals surface area contributed by atoms with Crippen LogP contribution in [0.1, 0.15) is 17.3 Å². The first-order valence-corrected chi connectivity index (χ1v) is 8.39. The molecule has 0 spiro atoms. The van der Waals surface area contributed by atoms with Crippen molar-refractivity contribution in [2.24, 2.45) is 0 Å². The minimum atomic E-state index is -5.69. The first-order chi connectivity index (χ1) is 11.4. The third-order valence-electron chi connectivity index (χ3n) is 2.62. The van der Waals surface area contributed by atoms with Crippen LogP contribution in [0.3, 0.4) is 0 Å². The monoisotopic (exact) mass is 590 g/mol. The lowest BCUT2D eigenvalue weighted by Crippen LogP contribution is -2.54. The molecule has 1 aromatic rings. The number of alkyl halides is 4. The Balaban J connectivity index is 3.33. The predicted molar refractivity (Wildman–Crippen MR) is 91.0 cm³/mol. The summed E-state index contributed by atoms with van der Waals surface area (Å²) < 4.78 is 62.5. The van der Waals surface area contributed by atoms with Crippen molar-refractivity contribution in [1.29, 1.82) is 0 Å². The zero-order chi connectivity index (χ0) is 19.6. The summed E-state index contributed by atoms with van der Waals surface area (Å²) in [6, 6.07) is 2.46. The van der Waals surface area contributed by atoms with Crippen molar-refractivity contribution in [3.8, 4) is 5.75 Å². The summed E-state index contributed by atoms with van der Waals surface area (Å²) in [5, 5.41) is 8.18. The van der Waals surface area contributed by atoms with E-state index in [2.05, 4.69) is 9.47 Å². The van der Waals surface area contributed by atoms with E-state index in [-0.39, 0.29) is 10.2 Å². The number of ether oxygens (including phenoxy) is 2. The normalized spacial score (nSPS) is 11.8. The lowest BCUT2D eigenvalue weighted by molar-refractivity contribution is -0.229. The third-order valence-corrected chi connectivity index (χ3v) is 4.04. The molecule has 6 nitrogen and oxygen atoms in total. The van der Waals surface area contributed by atoms with Crippen molar-refractivity contribution in [1.82, 2.24) is 0 Å². The Morgan fingerprint density at radius 3 is 2.16 bits per heavy atom. The number of rotatable bonds is 6. The topological polar surface area (TPSA) is 89.9 Å². The van der Waals surface area contributed by atoms with E-state index >= 15 is 0 Å². The molecule has 1 aromatic carbocycles. The smallest absolute Gasteiger partial charge is 0.416 e. The van der Waals surface area contributed by atoms with Gasteiger partial charge in [-0.25, -0.2) is 14.4 Å². The molecule has 0 saturated carbocycles. The summed E-state index contributed by atoms with van der Waals surface area (Å²) >= 11 is 3.31. The van der Waals surface area contributed by atoms with Crippen LogP contribution in [0.4, 0.5) is 17.6 Å². The molecule has 0 aromatic heterocycles. The van der Waals surface area contributed by atoms with Crippen molar-refractivity contribution in [2.75, 3.05) is 6.61 Å². The fourth-order valence-electron chi connectivity index (χ4n) is 1.44. The van der Waals surface area contributed by atoms with Gasteiger partial charge >= 0.3 is 29.8 Å². The number of carboxylic acids is 1. The van der Waals surface area contributed by atoms with Crippen LogP contribution in [0.15, 0.2) is 12.1 Å². The maximum Gasteiger partial charge on any atom is 0.416 e. The van der Waals surface area contributed by atoms with Gasteiger partial charge in [0.1, 0.15) is 5.56 Å². The fraction of sp³-hybridized carbons (Fsp3) is 0.308. The molecular formula is C13H8F4I2O6. The second-order valence-electron chi connectivity index (χ2n) is 4.33. The fourth-order valence-corrected chi connectivity index (χ4v) is 3.40. The highest BCUT2D eigenvalue weighted by Crippen LogP contribution is 2.37. The Bertz CT molecular complexity index is 723. The van der Waals surface area contributed by atoms with Crippen LogP contribution in [0.2, 0.25) is 0 Å². The van der Waals surface area contributed by atoms with E-state index < -0.39 is 41.1 Å². The molecule has 25 heavy (non-hydrogen) atoms. The molecule has 0 aliphatic carbocycles. The number of aliphatic carboxylic acids is 1. The Hall–Kier alpha value is -1.19. The van der Waals surface area contributed by atoms with Gasteiger partial charge in [-0.2, -0.15) is 17.6 Å². The Kier molecular flexibility index (Phi) is 7.00. The molecule has 138 valence electrons. The molecule has 0 unspecified atom stereocenters. The van der Waals surface area contributed by atoms with Gasteiger partial charge in [0.25, 0.3) is 0 Å². The van der Waals surface area contributed by atoms with E-state index in [0.717, 1.165) is 6.07 Å². The zero-order valence-electron chi connectivity index (χ0n) is 12.1. The summed E-state index contributed by atoms with van der Waals surface area (Å²) in [5.74, 6) is -19.1. The van der Waals surface area contributed by atoms with Crippen molar-refractivity contribution in [2.45, 2.75) is 18.8 Å². The molecule has 0 aliphatic heterocycles. The molecule has 0 radical (unpaired) electrons. The molecule has 0 aliphatic rings. The summed E-state index contributed by atoms with van der Waals surface area (Å²) in [6.45, 7) is 1.38. The minimum absolute atomic E-state index is 0.0182. The SMILES string of the molecule is CCOC(=O)c1cc(I)cc(I)c1OC(=O)C(F)(F)C(F)(F)C(=O)O. The van der Waals surface area contributed by atoms with E-state index in [4.69, 9.17) is 5.11 Å². The van der Waals surface area contributed by atoms with Crippen LogP contribution in [0.25, 0.3) is 0 Å². The highest BCUT2D eigenvalue weighted by Gasteiger charge is 2.69. The van der Waals surface area contributed by atoms with Gasteiger partial charge in [-0.15, -0.1) is 0 Å². The second kappa shape index (κ2) is 8.01. The first-order valence-electron chi connectivity index (χ1n) is 6.23. The maximum absolute atomic E-state index is 13.5. The van der Waals surface area contributed by atoms with Crippen LogP contribution in [-0.2, 0) is 14.3 Å². The van der Waals surface area contributed by atoms with Crippen LogP contribution >= 0.6 is 45.2 Å². The van der Waals surface area contributed by atoms with E-state index in [1.807, 2.05) is 0 Å². The van der Waals surface area contributed by atoms with Crippen molar-refractivity contribution in [3.63, 3.8) is 0 Å². The average Bonchev–Trinajstić information content (AvgIpc) is 2.49. The molecular weight excluding hydrogens is 582 g/mol. The van der Waals surface area contributed by atoms with Crippen molar-refractivity contribution >= 4 is 63.1 Å².